The van der Waals surface area contributed by atoms with Gasteiger partial charge in [0.15, 0.2) is 0 Å². The minimum atomic E-state index is -3.14. The van der Waals surface area contributed by atoms with E-state index in [-0.39, 0.29) is 23.9 Å². The number of halogens is 1. The van der Waals surface area contributed by atoms with Gasteiger partial charge in [0.05, 0.1) is 12.2 Å². The van der Waals surface area contributed by atoms with Crippen molar-refractivity contribution >= 4 is 15.9 Å². The fourth-order valence-electron chi connectivity index (χ4n) is 2.26. The average Bonchev–Trinajstić information content (AvgIpc) is 2.43. The highest BCUT2D eigenvalue weighted by molar-refractivity contribution is 7.89. The van der Waals surface area contributed by atoms with Crippen LogP contribution in [0.3, 0.4) is 0 Å². The number of benzene rings is 1. The molecule has 1 N–H and O–H groups in total. The molecule has 0 unspecified atom stereocenters. The predicted octanol–water partition coefficient (Wildman–Crippen LogP) is 0.910. The Hall–Kier alpha value is -1.47. The van der Waals surface area contributed by atoms with Crippen molar-refractivity contribution in [1.82, 2.24) is 9.62 Å². The predicted molar refractivity (Wildman–Crippen MR) is 77.7 cm³/mol. The summed E-state index contributed by atoms with van der Waals surface area (Å²) in [4.78, 5) is 11.7. The van der Waals surface area contributed by atoms with Crippen LogP contribution in [0.1, 0.15) is 18.4 Å². The molecule has 5 nitrogen and oxygen atoms in total. The van der Waals surface area contributed by atoms with E-state index >= 15 is 0 Å². The van der Waals surface area contributed by atoms with Gasteiger partial charge in [0, 0.05) is 19.6 Å². The van der Waals surface area contributed by atoms with Crippen LogP contribution < -0.4 is 5.32 Å². The zero-order valence-electron chi connectivity index (χ0n) is 11.7. The van der Waals surface area contributed by atoms with Gasteiger partial charge in [-0.05, 0) is 30.5 Å². The van der Waals surface area contributed by atoms with Crippen LogP contribution in [0, 0.1) is 5.82 Å². The zero-order chi connectivity index (χ0) is 15.3. The third kappa shape index (κ3) is 4.78. The summed E-state index contributed by atoms with van der Waals surface area (Å²) >= 11 is 0. The monoisotopic (exact) mass is 314 g/mol. The van der Waals surface area contributed by atoms with E-state index in [1.807, 2.05) is 0 Å². The Labute approximate surface area is 124 Å². The number of nitrogens with zero attached hydrogens (tertiary/aromatic N) is 1. The normalized spacial score (nSPS) is 18.3. The van der Waals surface area contributed by atoms with Gasteiger partial charge in [0.2, 0.25) is 15.9 Å². The molecule has 0 aliphatic carbocycles. The zero-order valence-corrected chi connectivity index (χ0v) is 12.5. The van der Waals surface area contributed by atoms with Crippen LogP contribution >= 0.6 is 0 Å². The smallest absolute Gasteiger partial charge is 0.224 e. The number of carbonyl (C=O) groups is 1. The number of rotatable bonds is 5. The molecule has 0 aromatic heterocycles. The van der Waals surface area contributed by atoms with Gasteiger partial charge < -0.3 is 5.32 Å². The van der Waals surface area contributed by atoms with Gasteiger partial charge in [-0.2, -0.15) is 0 Å². The fraction of sp³-hybridized carbons (Fsp3) is 0.500. The van der Waals surface area contributed by atoms with E-state index in [2.05, 4.69) is 5.32 Å². The van der Waals surface area contributed by atoms with Gasteiger partial charge in [-0.3, -0.25) is 4.79 Å². The second-order valence-corrected chi connectivity index (χ2v) is 7.16. The first kappa shape index (κ1) is 15.9. The number of carbonyl (C=O) groups excluding carboxylic acids is 1. The Kier molecular flexibility index (Phi) is 5.30. The van der Waals surface area contributed by atoms with Crippen LogP contribution in [0.25, 0.3) is 0 Å². The maximum atomic E-state index is 12.7. The topological polar surface area (TPSA) is 66.5 Å². The Bertz CT molecular complexity index is 587. The molecule has 1 heterocycles. The second kappa shape index (κ2) is 7.00. The van der Waals surface area contributed by atoms with Crippen LogP contribution in [0.15, 0.2) is 24.3 Å². The van der Waals surface area contributed by atoms with Gasteiger partial charge in [-0.25, -0.2) is 17.1 Å². The highest BCUT2D eigenvalue weighted by Gasteiger charge is 2.25. The Morgan fingerprint density at radius 3 is 2.62 bits per heavy atom. The number of hydrogen-bond donors (Lipinski definition) is 1. The molecule has 0 atom stereocenters. The van der Waals surface area contributed by atoms with Crippen molar-refractivity contribution in [2.24, 2.45) is 0 Å². The molecule has 1 fully saturated rings. The molecule has 1 amide bonds. The third-order valence-corrected chi connectivity index (χ3v) is 5.37. The molecule has 0 saturated carbocycles. The molecular weight excluding hydrogens is 295 g/mol. The first-order chi connectivity index (χ1) is 9.97. The first-order valence-corrected chi connectivity index (χ1v) is 8.57. The van der Waals surface area contributed by atoms with E-state index in [0.717, 1.165) is 12.0 Å². The van der Waals surface area contributed by atoms with Crippen molar-refractivity contribution in [1.29, 1.82) is 0 Å². The summed E-state index contributed by atoms with van der Waals surface area (Å²) in [6, 6.07) is 5.74. The molecule has 1 aromatic carbocycles. The summed E-state index contributed by atoms with van der Waals surface area (Å²) < 4.78 is 37.7. The summed E-state index contributed by atoms with van der Waals surface area (Å²) in [7, 11) is -3.14. The molecule has 2 rings (SSSR count). The summed E-state index contributed by atoms with van der Waals surface area (Å²) in [5.74, 6) is -0.346. The average molecular weight is 314 g/mol. The summed E-state index contributed by atoms with van der Waals surface area (Å²) in [6.07, 6.45) is 1.73. The lowest BCUT2D eigenvalue weighted by molar-refractivity contribution is -0.120. The van der Waals surface area contributed by atoms with E-state index in [1.165, 1.54) is 16.4 Å². The quantitative estimate of drug-likeness (QED) is 0.878. The molecule has 1 aromatic rings. The molecule has 0 radical (unpaired) electrons. The molecule has 7 heteroatoms. The van der Waals surface area contributed by atoms with Gasteiger partial charge in [-0.15, -0.1) is 0 Å². The number of hydrogen-bond acceptors (Lipinski definition) is 3. The van der Waals surface area contributed by atoms with E-state index in [9.17, 15) is 17.6 Å². The van der Waals surface area contributed by atoms with Gasteiger partial charge >= 0.3 is 0 Å². The Balaban J connectivity index is 1.75. The van der Waals surface area contributed by atoms with Crippen molar-refractivity contribution in [3.63, 3.8) is 0 Å². The molecule has 0 spiro atoms. The summed E-state index contributed by atoms with van der Waals surface area (Å²) in [6.45, 7) is 1.12. The lowest BCUT2D eigenvalue weighted by atomic mass is 10.1. The van der Waals surface area contributed by atoms with Crippen LogP contribution in [0.4, 0.5) is 4.39 Å². The van der Waals surface area contributed by atoms with E-state index in [1.54, 1.807) is 12.1 Å². The third-order valence-electron chi connectivity index (χ3n) is 3.41. The number of nitrogens with one attached hydrogen (secondary N) is 1. The van der Waals surface area contributed by atoms with Gasteiger partial charge in [0.25, 0.3) is 0 Å². The van der Waals surface area contributed by atoms with E-state index in [4.69, 9.17) is 0 Å². The molecule has 21 heavy (non-hydrogen) atoms. The van der Waals surface area contributed by atoms with Crippen molar-refractivity contribution in [2.45, 2.75) is 19.3 Å². The van der Waals surface area contributed by atoms with Crippen molar-refractivity contribution in [3.05, 3.63) is 35.6 Å². The van der Waals surface area contributed by atoms with Gasteiger partial charge in [-0.1, -0.05) is 12.1 Å². The number of sulfonamides is 1. The fourth-order valence-corrected chi connectivity index (χ4v) is 3.87. The maximum Gasteiger partial charge on any atom is 0.224 e. The van der Waals surface area contributed by atoms with Crippen molar-refractivity contribution in [3.8, 4) is 0 Å². The molecule has 1 saturated heterocycles. The molecular formula is C14H19FN2O3S. The minimum absolute atomic E-state index is 0.160. The minimum Gasteiger partial charge on any atom is -0.354 e. The lowest BCUT2D eigenvalue weighted by Crippen LogP contribution is -2.42. The molecule has 1 aliphatic heterocycles. The van der Waals surface area contributed by atoms with Crippen LogP contribution in [-0.2, 0) is 21.2 Å². The van der Waals surface area contributed by atoms with E-state index < -0.39 is 10.0 Å². The highest BCUT2D eigenvalue weighted by Crippen LogP contribution is 2.12. The number of amides is 1. The highest BCUT2D eigenvalue weighted by atomic mass is 32.2. The van der Waals surface area contributed by atoms with Crippen molar-refractivity contribution in [2.75, 3.05) is 25.4 Å². The standard InChI is InChI=1S/C14H19FN2O3S/c15-13-5-3-12(4-6-13)11-14(18)16-7-9-17-8-1-2-10-21(17,19)20/h3-6H,1-2,7-11H2,(H,16,18). The second-order valence-electron chi connectivity index (χ2n) is 5.08. The largest absolute Gasteiger partial charge is 0.354 e. The Morgan fingerprint density at radius 1 is 1.24 bits per heavy atom. The summed E-state index contributed by atoms with van der Waals surface area (Å²) in [5, 5.41) is 2.69. The molecule has 1 aliphatic rings. The SMILES string of the molecule is O=C(Cc1ccc(F)cc1)NCCN1CCCCS1(=O)=O. The van der Waals surface area contributed by atoms with Crippen LogP contribution in [-0.4, -0.2) is 44.0 Å². The van der Waals surface area contributed by atoms with Crippen LogP contribution in [0.2, 0.25) is 0 Å². The maximum absolute atomic E-state index is 12.7. The van der Waals surface area contributed by atoms with Crippen LogP contribution in [0.5, 0.6) is 0 Å². The summed E-state index contributed by atoms with van der Waals surface area (Å²) in [5.41, 5.74) is 0.722. The van der Waals surface area contributed by atoms with Crippen molar-refractivity contribution < 1.29 is 17.6 Å². The molecule has 0 bridgehead atoms. The Morgan fingerprint density at radius 2 is 1.95 bits per heavy atom. The van der Waals surface area contributed by atoms with Gasteiger partial charge in [0.1, 0.15) is 5.82 Å². The first-order valence-electron chi connectivity index (χ1n) is 6.96. The lowest BCUT2D eigenvalue weighted by Gasteiger charge is -2.26. The van der Waals surface area contributed by atoms with E-state index in [0.29, 0.717) is 26.1 Å². The molecule has 116 valence electrons.